The first-order valence-electron chi connectivity index (χ1n) is 7.24. The van der Waals surface area contributed by atoms with E-state index in [1.54, 1.807) is 30.5 Å². The van der Waals surface area contributed by atoms with Crippen LogP contribution in [0.3, 0.4) is 0 Å². The third kappa shape index (κ3) is 5.50. The Labute approximate surface area is 134 Å². The fraction of sp³-hybridized carbons (Fsp3) is 0.294. The predicted molar refractivity (Wildman–Crippen MR) is 82.7 cm³/mol. The molecule has 2 aromatic rings. The third-order valence-electron chi connectivity index (χ3n) is 3.20. The van der Waals surface area contributed by atoms with E-state index in [0.29, 0.717) is 11.5 Å². The number of carbonyl (C=O) groups is 2. The van der Waals surface area contributed by atoms with Gasteiger partial charge in [-0.2, -0.15) is 0 Å². The highest BCUT2D eigenvalue weighted by Gasteiger charge is 2.17. The largest absolute Gasteiger partial charge is 0.484 e. The monoisotopic (exact) mass is 317 g/mol. The molecular formula is C17H19NO5. The van der Waals surface area contributed by atoms with Gasteiger partial charge in [0.1, 0.15) is 11.5 Å². The molecule has 122 valence electrons. The predicted octanol–water partition coefficient (Wildman–Crippen LogP) is 2.25. The second-order valence-electron chi connectivity index (χ2n) is 4.82. The molecule has 0 spiro atoms. The van der Waals surface area contributed by atoms with Crippen LogP contribution in [0.5, 0.6) is 5.75 Å². The average molecular weight is 317 g/mol. The Balaban J connectivity index is 1.93. The van der Waals surface area contributed by atoms with Crippen LogP contribution in [0.25, 0.3) is 0 Å². The number of hydrogen-bond acceptors (Lipinski definition) is 5. The minimum absolute atomic E-state index is 0.105. The molecule has 23 heavy (non-hydrogen) atoms. The molecule has 0 atom stereocenters. The number of ether oxygens (including phenoxy) is 2. The zero-order chi connectivity index (χ0) is 16.5. The van der Waals surface area contributed by atoms with Crippen LogP contribution in [-0.2, 0) is 20.9 Å². The van der Waals surface area contributed by atoms with E-state index in [9.17, 15) is 9.59 Å². The fourth-order valence-corrected chi connectivity index (χ4v) is 1.96. The number of furan rings is 1. The molecule has 0 saturated carbocycles. The Morgan fingerprint density at radius 3 is 2.57 bits per heavy atom. The first-order chi connectivity index (χ1) is 11.2. The summed E-state index contributed by atoms with van der Waals surface area (Å²) in [5.74, 6) is 0.662. The van der Waals surface area contributed by atoms with Crippen molar-refractivity contribution >= 4 is 11.9 Å². The van der Waals surface area contributed by atoms with Gasteiger partial charge in [-0.05, 0) is 24.3 Å². The summed E-state index contributed by atoms with van der Waals surface area (Å²) in [6.45, 7) is 0.414. The van der Waals surface area contributed by atoms with Crippen LogP contribution in [-0.4, -0.2) is 37.0 Å². The molecule has 6 heteroatoms. The number of esters is 1. The molecule has 0 aliphatic rings. The van der Waals surface area contributed by atoms with Crippen molar-refractivity contribution in [2.45, 2.75) is 13.0 Å². The number of benzene rings is 1. The normalized spacial score (nSPS) is 10.1. The van der Waals surface area contributed by atoms with Crippen molar-refractivity contribution in [1.82, 2.24) is 4.90 Å². The summed E-state index contributed by atoms with van der Waals surface area (Å²) in [4.78, 5) is 25.2. The zero-order valence-corrected chi connectivity index (χ0v) is 12.9. The third-order valence-corrected chi connectivity index (χ3v) is 3.20. The van der Waals surface area contributed by atoms with Crippen LogP contribution < -0.4 is 4.74 Å². The van der Waals surface area contributed by atoms with Gasteiger partial charge in [0.25, 0.3) is 5.91 Å². The standard InChI is InChI=1S/C17H19NO5/c1-21-17(20)9-10-18(12-15-8-5-11-22-15)16(19)13-23-14-6-3-2-4-7-14/h2-8,11H,9-10,12-13H2,1H3. The number of amides is 1. The summed E-state index contributed by atoms with van der Waals surface area (Å²) in [6.07, 6.45) is 1.66. The van der Waals surface area contributed by atoms with Crippen LogP contribution in [0.1, 0.15) is 12.2 Å². The van der Waals surface area contributed by atoms with Gasteiger partial charge >= 0.3 is 5.97 Å². The van der Waals surface area contributed by atoms with Crippen LogP contribution >= 0.6 is 0 Å². The first-order valence-corrected chi connectivity index (χ1v) is 7.24. The molecule has 2 rings (SSSR count). The van der Waals surface area contributed by atoms with E-state index in [-0.39, 0.29) is 38.0 Å². The van der Waals surface area contributed by atoms with Gasteiger partial charge in [-0.15, -0.1) is 0 Å². The molecule has 0 bridgehead atoms. The number of rotatable bonds is 8. The van der Waals surface area contributed by atoms with E-state index in [4.69, 9.17) is 9.15 Å². The van der Waals surface area contributed by atoms with Gasteiger partial charge in [0.15, 0.2) is 6.61 Å². The maximum Gasteiger partial charge on any atom is 0.307 e. The molecule has 0 fully saturated rings. The molecule has 0 aliphatic carbocycles. The van der Waals surface area contributed by atoms with Crippen molar-refractivity contribution in [3.8, 4) is 5.75 Å². The second kappa shape index (κ2) is 8.63. The SMILES string of the molecule is COC(=O)CCN(Cc1ccco1)C(=O)COc1ccccc1. The average Bonchev–Trinajstić information content (AvgIpc) is 3.10. The molecule has 6 nitrogen and oxygen atoms in total. The highest BCUT2D eigenvalue weighted by Crippen LogP contribution is 2.10. The number of nitrogens with zero attached hydrogens (tertiary/aromatic N) is 1. The van der Waals surface area contributed by atoms with E-state index in [1.807, 2.05) is 18.2 Å². The Hall–Kier alpha value is -2.76. The van der Waals surface area contributed by atoms with Gasteiger partial charge in [0.2, 0.25) is 0 Å². The summed E-state index contributed by atoms with van der Waals surface area (Å²) in [7, 11) is 1.32. The molecule has 0 saturated heterocycles. The Kier molecular flexibility index (Phi) is 6.23. The van der Waals surface area contributed by atoms with E-state index < -0.39 is 0 Å². The van der Waals surface area contributed by atoms with E-state index >= 15 is 0 Å². The van der Waals surface area contributed by atoms with Crippen LogP contribution in [0.15, 0.2) is 53.1 Å². The topological polar surface area (TPSA) is 69.0 Å². The van der Waals surface area contributed by atoms with Gasteiger partial charge in [-0.1, -0.05) is 18.2 Å². The van der Waals surface area contributed by atoms with Crippen LogP contribution in [0.4, 0.5) is 0 Å². The molecule has 0 aliphatic heterocycles. The molecule has 1 heterocycles. The first kappa shape index (κ1) is 16.6. The lowest BCUT2D eigenvalue weighted by Gasteiger charge is -2.21. The van der Waals surface area contributed by atoms with Crippen molar-refractivity contribution in [2.24, 2.45) is 0 Å². The quantitative estimate of drug-likeness (QED) is 0.699. The molecule has 1 aromatic carbocycles. The number of methoxy groups -OCH3 is 1. The van der Waals surface area contributed by atoms with Crippen molar-refractivity contribution in [2.75, 3.05) is 20.3 Å². The van der Waals surface area contributed by atoms with Crippen LogP contribution in [0.2, 0.25) is 0 Å². The summed E-state index contributed by atoms with van der Waals surface area (Å²) in [5.41, 5.74) is 0. The maximum atomic E-state index is 12.4. The highest BCUT2D eigenvalue weighted by atomic mass is 16.5. The van der Waals surface area contributed by atoms with Crippen molar-refractivity contribution in [3.63, 3.8) is 0 Å². The van der Waals surface area contributed by atoms with Gasteiger partial charge in [-0.3, -0.25) is 9.59 Å². The summed E-state index contributed by atoms with van der Waals surface area (Å²) in [5, 5.41) is 0. The fourth-order valence-electron chi connectivity index (χ4n) is 1.96. The second-order valence-corrected chi connectivity index (χ2v) is 4.82. The summed E-state index contributed by atoms with van der Waals surface area (Å²) in [6, 6.07) is 12.6. The van der Waals surface area contributed by atoms with Crippen molar-refractivity contribution in [3.05, 3.63) is 54.5 Å². The van der Waals surface area contributed by atoms with Gasteiger partial charge in [0.05, 0.1) is 26.3 Å². The maximum absolute atomic E-state index is 12.4. The Bertz CT molecular complexity index is 609. The number of hydrogen-bond donors (Lipinski definition) is 0. The number of carbonyl (C=O) groups excluding carboxylic acids is 2. The van der Waals surface area contributed by atoms with Crippen molar-refractivity contribution in [1.29, 1.82) is 0 Å². The lowest BCUT2D eigenvalue weighted by Crippen LogP contribution is -2.36. The van der Waals surface area contributed by atoms with Gasteiger partial charge in [-0.25, -0.2) is 0 Å². The molecule has 0 radical (unpaired) electrons. The van der Waals surface area contributed by atoms with Gasteiger partial charge in [0, 0.05) is 6.54 Å². The lowest BCUT2D eigenvalue weighted by atomic mass is 10.3. The van der Waals surface area contributed by atoms with Crippen LogP contribution in [0, 0.1) is 0 Å². The minimum atomic E-state index is -0.369. The van der Waals surface area contributed by atoms with E-state index in [1.165, 1.54) is 12.0 Å². The van der Waals surface area contributed by atoms with E-state index in [0.717, 1.165) is 0 Å². The molecule has 1 aromatic heterocycles. The van der Waals surface area contributed by atoms with Gasteiger partial charge < -0.3 is 18.8 Å². The molecule has 1 amide bonds. The minimum Gasteiger partial charge on any atom is -0.484 e. The number of para-hydroxylation sites is 1. The Morgan fingerprint density at radius 2 is 1.91 bits per heavy atom. The summed E-state index contributed by atoms with van der Waals surface area (Å²) < 4.78 is 15.3. The van der Waals surface area contributed by atoms with E-state index in [2.05, 4.69) is 4.74 Å². The van der Waals surface area contributed by atoms with Crippen molar-refractivity contribution < 1.29 is 23.5 Å². The highest BCUT2D eigenvalue weighted by molar-refractivity contribution is 5.78. The smallest absolute Gasteiger partial charge is 0.307 e. The lowest BCUT2D eigenvalue weighted by molar-refractivity contribution is -0.142. The summed E-state index contributed by atoms with van der Waals surface area (Å²) >= 11 is 0. The molecular weight excluding hydrogens is 298 g/mol. The molecule has 0 unspecified atom stereocenters. The zero-order valence-electron chi connectivity index (χ0n) is 12.9. The molecule has 0 N–H and O–H groups in total. The Morgan fingerprint density at radius 1 is 1.13 bits per heavy atom.